The van der Waals surface area contributed by atoms with Gasteiger partial charge in [-0.15, -0.1) is 0 Å². The van der Waals surface area contributed by atoms with Crippen LogP contribution in [0.3, 0.4) is 0 Å². The van der Waals surface area contributed by atoms with Crippen molar-refractivity contribution in [2.45, 2.75) is 0 Å². The number of hydrogen-bond donors (Lipinski definition) is 3. The van der Waals surface area contributed by atoms with Crippen molar-refractivity contribution in [1.29, 1.82) is 0 Å². The van der Waals surface area contributed by atoms with Crippen LogP contribution in [0, 0.1) is 0 Å². The zero-order valence-corrected chi connectivity index (χ0v) is 12.9. The number of imidazole rings is 1. The fourth-order valence-corrected chi connectivity index (χ4v) is 2.83. The van der Waals surface area contributed by atoms with Crippen molar-refractivity contribution in [3.05, 3.63) is 49.2 Å². The summed E-state index contributed by atoms with van der Waals surface area (Å²) in [6.07, 6.45) is 8.58. The van der Waals surface area contributed by atoms with Crippen LogP contribution < -0.4 is 5.73 Å². The van der Waals surface area contributed by atoms with E-state index in [1.54, 1.807) is 31.0 Å². The summed E-state index contributed by atoms with van der Waals surface area (Å²) in [4.78, 5) is 20.5. The number of H-pyrrole nitrogens is 2. The summed E-state index contributed by atoms with van der Waals surface area (Å²) in [5, 5.41) is 8.18. The van der Waals surface area contributed by atoms with Gasteiger partial charge in [-0.3, -0.25) is 15.1 Å². The number of aromatic amines is 2. The van der Waals surface area contributed by atoms with E-state index in [0.717, 1.165) is 27.5 Å². The molecule has 0 spiro atoms. The monoisotopic (exact) mass is 328 g/mol. The molecule has 0 aliphatic carbocycles. The minimum atomic E-state index is 0.606. The maximum Gasteiger partial charge on any atom is 0.159 e. The number of nitrogens with one attached hydrogen (secondary N) is 2. The molecule has 120 valence electrons. The van der Waals surface area contributed by atoms with E-state index in [1.807, 2.05) is 18.2 Å². The van der Waals surface area contributed by atoms with E-state index in [0.29, 0.717) is 22.9 Å². The van der Waals surface area contributed by atoms with Gasteiger partial charge in [0.25, 0.3) is 0 Å². The zero-order valence-electron chi connectivity index (χ0n) is 12.9. The van der Waals surface area contributed by atoms with Gasteiger partial charge < -0.3 is 10.7 Å². The van der Waals surface area contributed by atoms with Crippen molar-refractivity contribution < 1.29 is 0 Å². The highest BCUT2D eigenvalue weighted by atomic mass is 15.2. The third-order valence-corrected chi connectivity index (χ3v) is 4.02. The number of fused-ring (bicyclic) bond motifs is 2. The fraction of sp³-hybridized carbons (Fsp3) is 0. The fourth-order valence-electron chi connectivity index (χ4n) is 2.83. The van der Waals surface area contributed by atoms with Gasteiger partial charge in [-0.2, -0.15) is 5.10 Å². The molecular weight excluding hydrogens is 316 g/mol. The van der Waals surface area contributed by atoms with Gasteiger partial charge in [0.05, 0.1) is 28.3 Å². The van der Waals surface area contributed by atoms with Crippen LogP contribution in [0.4, 0.5) is 5.69 Å². The number of hydrogen-bond acceptors (Lipinski definition) is 6. The van der Waals surface area contributed by atoms with Gasteiger partial charge in [-0.1, -0.05) is 0 Å². The molecule has 8 nitrogen and oxygen atoms in total. The van der Waals surface area contributed by atoms with Gasteiger partial charge in [0.1, 0.15) is 5.69 Å². The largest absolute Gasteiger partial charge is 0.397 e. The quantitative estimate of drug-likeness (QED) is 0.458. The standard InChI is InChI=1S/C17H12N8/c18-11-3-9(5-20-7-11)10-4-12-15(24-25-16(12)21-6-10)17-22-13-1-2-19-8-14(13)23-17/h1-8H,18H2,(H,22,23)(H,21,24,25). The zero-order chi connectivity index (χ0) is 16.8. The summed E-state index contributed by atoms with van der Waals surface area (Å²) in [5.41, 5.74) is 11.3. The van der Waals surface area contributed by atoms with Crippen molar-refractivity contribution >= 4 is 27.8 Å². The lowest BCUT2D eigenvalue weighted by atomic mass is 10.1. The number of nitrogens with two attached hydrogens (primary N) is 1. The third kappa shape index (κ3) is 2.19. The Kier molecular flexibility index (Phi) is 2.78. The molecule has 0 radical (unpaired) electrons. The Bertz CT molecular complexity index is 1190. The molecule has 0 amide bonds. The van der Waals surface area contributed by atoms with Crippen LogP contribution in [0.5, 0.6) is 0 Å². The van der Waals surface area contributed by atoms with E-state index in [4.69, 9.17) is 5.73 Å². The predicted octanol–water partition coefficient (Wildman–Crippen LogP) is 2.54. The van der Waals surface area contributed by atoms with Crippen LogP contribution in [-0.2, 0) is 0 Å². The molecule has 0 aliphatic rings. The number of rotatable bonds is 2. The molecule has 4 N–H and O–H groups in total. The molecule has 8 heteroatoms. The molecule has 0 atom stereocenters. The number of aromatic nitrogens is 7. The topological polar surface area (TPSA) is 122 Å². The van der Waals surface area contributed by atoms with Crippen molar-refractivity contribution in [2.75, 3.05) is 5.73 Å². The summed E-state index contributed by atoms with van der Waals surface area (Å²) in [5.74, 6) is 0.666. The Morgan fingerprint density at radius 3 is 2.76 bits per heavy atom. The van der Waals surface area contributed by atoms with Gasteiger partial charge in [0.2, 0.25) is 0 Å². The lowest BCUT2D eigenvalue weighted by Crippen LogP contribution is -1.89. The maximum atomic E-state index is 5.83. The van der Waals surface area contributed by atoms with Gasteiger partial charge in [-0.25, -0.2) is 9.97 Å². The van der Waals surface area contributed by atoms with Crippen LogP contribution in [0.25, 0.3) is 44.7 Å². The first kappa shape index (κ1) is 13.6. The van der Waals surface area contributed by atoms with Crippen LogP contribution in [0.15, 0.2) is 49.2 Å². The average Bonchev–Trinajstić information content (AvgIpc) is 3.24. The van der Waals surface area contributed by atoms with E-state index in [2.05, 4.69) is 35.1 Å². The first-order valence-electron chi connectivity index (χ1n) is 7.63. The lowest BCUT2D eigenvalue weighted by molar-refractivity contribution is 1.09. The summed E-state index contributed by atoms with van der Waals surface area (Å²) in [6.45, 7) is 0. The first-order chi connectivity index (χ1) is 12.3. The minimum Gasteiger partial charge on any atom is -0.397 e. The number of nitrogen functional groups attached to an aromatic ring is 1. The van der Waals surface area contributed by atoms with Crippen molar-refractivity contribution in [3.63, 3.8) is 0 Å². The maximum absolute atomic E-state index is 5.83. The van der Waals surface area contributed by atoms with Crippen LogP contribution in [0.1, 0.15) is 0 Å². The first-order valence-corrected chi connectivity index (χ1v) is 7.63. The minimum absolute atomic E-state index is 0.606. The molecular formula is C17H12N8. The summed E-state index contributed by atoms with van der Waals surface area (Å²) in [7, 11) is 0. The molecule has 0 saturated carbocycles. The average molecular weight is 328 g/mol. The highest BCUT2D eigenvalue weighted by Gasteiger charge is 2.14. The van der Waals surface area contributed by atoms with E-state index in [-0.39, 0.29) is 0 Å². The summed E-state index contributed by atoms with van der Waals surface area (Å²) in [6, 6.07) is 5.72. The smallest absolute Gasteiger partial charge is 0.159 e. The number of pyridine rings is 3. The van der Waals surface area contributed by atoms with Crippen molar-refractivity contribution in [3.8, 4) is 22.6 Å². The second-order valence-electron chi connectivity index (χ2n) is 5.68. The number of nitrogens with zero attached hydrogens (tertiary/aromatic N) is 5. The SMILES string of the molecule is Nc1cncc(-c2cnc3[nH]nc(-c4nc5ccncc5[nH]4)c3c2)c1. The van der Waals surface area contributed by atoms with Crippen LogP contribution in [-0.4, -0.2) is 35.1 Å². The summed E-state index contributed by atoms with van der Waals surface area (Å²) < 4.78 is 0. The van der Waals surface area contributed by atoms with E-state index in [1.165, 1.54) is 0 Å². The molecule has 0 aromatic carbocycles. The van der Waals surface area contributed by atoms with E-state index in [9.17, 15) is 0 Å². The van der Waals surface area contributed by atoms with Crippen LogP contribution in [0.2, 0.25) is 0 Å². The van der Waals surface area contributed by atoms with Gasteiger partial charge in [0, 0.05) is 35.9 Å². The molecule has 25 heavy (non-hydrogen) atoms. The third-order valence-electron chi connectivity index (χ3n) is 4.02. The lowest BCUT2D eigenvalue weighted by Gasteiger charge is -2.02. The van der Waals surface area contributed by atoms with Crippen molar-refractivity contribution in [1.82, 2.24) is 35.1 Å². The summed E-state index contributed by atoms with van der Waals surface area (Å²) >= 11 is 0. The van der Waals surface area contributed by atoms with Gasteiger partial charge in [-0.05, 0) is 18.2 Å². The Morgan fingerprint density at radius 2 is 1.88 bits per heavy atom. The molecule has 5 rings (SSSR count). The van der Waals surface area contributed by atoms with Crippen LogP contribution >= 0.6 is 0 Å². The number of anilines is 1. The molecule has 0 aliphatic heterocycles. The molecule has 5 aromatic heterocycles. The normalized spacial score (nSPS) is 11.4. The molecule has 5 heterocycles. The molecule has 0 saturated heterocycles. The van der Waals surface area contributed by atoms with E-state index >= 15 is 0 Å². The highest BCUT2D eigenvalue weighted by molar-refractivity contribution is 5.93. The van der Waals surface area contributed by atoms with Crippen molar-refractivity contribution in [2.24, 2.45) is 0 Å². The van der Waals surface area contributed by atoms with Gasteiger partial charge >= 0.3 is 0 Å². The molecule has 0 fully saturated rings. The second kappa shape index (κ2) is 5.10. The van der Waals surface area contributed by atoms with Gasteiger partial charge in [0.15, 0.2) is 11.5 Å². The molecule has 5 aromatic rings. The molecule has 0 bridgehead atoms. The Labute approximate surface area is 141 Å². The molecule has 0 unspecified atom stereocenters. The Morgan fingerprint density at radius 1 is 0.960 bits per heavy atom. The Balaban J connectivity index is 1.70. The Hall–Kier alpha value is -3.81. The van der Waals surface area contributed by atoms with E-state index < -0.39 is 0 Å². The highest BCUT2D eigenvalue weighted by Crippen LogP contribution is 2.29. The predicted molar refractivity (Wildman–Crippen MR) is 94.4 cm³/mol. The second-order valence-corrected chi connectivity index (χ2v) is 5.68.